The van der Waals surface area contributed by atoms with Crippen molar-refractivity contribution in [3.8, 4) is 11.8 Å². The summed E-state index contributed by atoms with van der Waals surface area (Å²) >= 11 is 0. The first kappa shape index (κ1) is 16.3. The first-order valence-corrected chi connectivity index (χ1v) is 9.05. The Labute approximate surface area is 153 Å². The molecular weight excluding hydrogens is 322 g/mol. The molecule has 0 bridgehead atoms. The minimum Gasteiger partial charge on any atom is -0.352 e. The second-order valence-electron chi connectivity index (χ2n) is 6.60. The van der Waals surface area contributed by atoms with Gasteiger partial charge in [-0.25, -0.2) is 0 Å². The summed E-state index contributed by atoms with van der Waals surface area (Å²) in [5.74, 6) is 1.16. The van der Waals surface area contributed by atoms with Gasteiger partial charge in [0.05, 0.1) is 5.69 Å². The number of hydrogen-bond donors (Lipinski definition) is 0. The van der Waals surface area contributed by atoms with E-state index in [2.05, 4.69) is 58.4 Å². The molecule has 0 radical (unpaired) electrons. The summed E-state index contributed by atoms with van der Waals surface area (Å²) in [4.78, 5) is 3.80. The summed E-state index contributed by atoms with van der Waals surface area (Å²) < 4.78 is 0. The molecule has 5 heteroatoms. The fraction of sp³-hybridized carbons (Fsp3) is 0.286. The Hall–Kier alpha value is -3.13. The second-order valence-corrected chi connectivity index (χ2v) is 6.60. The fourth-order valence-electron chi connectivity index (χ4n) is 3.65. The molecule has 5 nitrogen and oxygen atoms in total. The Morgan fingerprint density at radius 3 is 2.62 bits per heavy atom. The molecule has 1 atom stereocenters. The molecule has 1 aliphatic rings. The number of hydrogen-bond acceptors (Lipinski definition) is 4. The molecule has 0 spiro atoms. The monoisotopic (exact) mass is 343 g/mol. The van der Waals surface area contributed by atoms with E-state index in [9.17, 15) is 5.26 Å². The Balaban J connectivity index is 1.64. The van der Waals surface area contributed by atoms with Gasteiger partial charge in [0.1, 0.15) is 6.07 Å². The van der Waals surface area contributed by atoms with Gasteiger partial charge in [-0.15, -0.1) is 15.0 Å². The zero-order chi connectivity index (χ0) is 17.9. The highest BCUT2D eigenvalue weighted by Gasteiger charge is 2.28. The first-order valence-electron chi connectivity index (χ1n) is 9.05. The van der Waals surface area contributed by atoms with E-state index >= 15 is 0 Å². The van der Waals surface area contributed by atoms with Crippen LogP contribution in [-0.2, 0) is 6.42 Å². The van der Waals surface area contributed by atoms with Crippen LogP contribution in [-0.4, -0.2) is 28.1 Å². The fourth-order valence-corrected chi connectivity index (χ4v) is 3.65. The Kier molecular flexibility index (Phi) is 4.40. The van der Waals surface area contributed by atoms with Crippen molar-refractivity contribution in [2.45, 2.75) is 25.7 Å². The average molecular weight is 343 g/mol. The second kappa shape index (κ2) is 7.01. The molecule has 26 heavy (non-hydrogen) atoms. The molecule has 130 valence electrons. The maximum atomic E-state index is 9.56. The largest absolute Gasteiger partial charge is 0.352 e. The van der Waals surface area contributed by atoms with Crippen LogP contribution in [0.4, 0.5) is 5.82 Å². The quantitative estimate of drug-likeness (QED) is 0.725. The number of aryl methyl sites for hydroxylation is 1. The highest BCUT2D eigenvalue weighted by molar-refractivity contribution is 5.52. The molecule has 0 amide bonds. The molecule has 1 aromatic heterocycles. The third kappa shape index (κ3) is 2.95. The van der Waals surface area contributed by atoms with E-state index in [0.29, 0.717) is 17.4 Å². The van der Waals surface area contributed by atoms with Crippen LogP contribution in [0.25, 0.3) is 5.69 Å². The lowest BCUT2D eigenvalue weighted by molar-refractivity contribution is 0.733. The van der Waals surface area contributed by atoms with Gasteiger partial charge in [0.2, 0.25) is 5.69 Å². The molecular formula is C21H21N5. The van der Waals surface area contributed by atoms with Gasteiger partial charge in [0.25, 0.3) is 0 Å². The third-order valence-corrected chi connectivity index (χ3v) is 5.05. The summed E-state index contributed by atoms with van der Waals surface area (Å²) in [5, 5.41) is 18.7. The van der Waals surface area contributed by atoms with Crippen molar-refractivity contribution < 1.29 is 0 Å². The van der Waals surface area contributed by atoms with Crippen LogP contribution in [0.2, 0.25) is 0 Å². The summed E-state index contributed by atoms with van der Waals surface area (Å²) in [6, 6.07) is 20.8. The Bertz CT molecular complexity index is 939. The van der Waals surface area contributed by atoms with Gasteiger partial charge < -0.3 is 4.90 Å². The van der Waals surface area contributed by atoms with Crippen molar-refractivity contribution in [2.24, 2.45) is 0 Å². The average Bonchev–Trinajstić information content (AvgIpc) is 3.35. The van der Waals surface area contributed by atoms with Crippen LogP contribution in [0.1, 0.15) is 36.1 Å². The predicted octanol–water partition coefficient (Wildman–Crippen LogP) is 3.70. The van der Waals surface area contributed by atoms with Crippen molar-refractivity contribution in [1.82, 2.24) is 15.0 Å². The van der Waals surface area contributed by atoms with Gasteiger partial charge in [-0.2, -0.15) is 5.26 Å². The topological polar surface area (TPSA) is 57.7 Å². The normalized spacial score (nSPS) is 16.6. The molecule has 1 fully saturated rings. The Morgan fingerprint density at radius 1 is 1.08 bits per heavy atom. The van der Waals surface area contributed by atoms with Crippen molar-refractivity contribution >= 4 is 5.82 Å². The van der Waals surface area contributed by atoms with E-state index in [1.807, 2.05) is 24.3 Å². The number of aromatic nitrogens is 3. The van der Waals surface area contributed by atoms with E-state index in [0.717, 1.165) is 31.6 Å². The molecule has 0 unspecified atom stereocenters. The molecule has 2 heterocycles. The molecule has 2 aromatic carbocycles. The highest BCUT2D eigenvalue weighted by atomic mass is 15.5. The van der Waals surface area contributed by atoms with E-state index < -0.39 is 0 Å². The molecule has 0 aliphatic carbocycles. The van der Waals surface area contributed by atoms with E-state index in [4.69, 9.17) is 0 Å². The van der Waals surface area contributed by atoms with Crippen LogP contribution in [0.3, 0.4) is 0 Å². The number of anilines is 1. The van der Waals surface area contributed by atoms with Gasteiger partial charge in [-0.1, -0.05) is 55.5 Å². The van der Waals surface area contributed by atoms with Crippen LogP contribution in [0.5, 0.6) is 0 Å². The summed E-state index contributed by atoms with van der Waals surface area (Å²) in [6.07, 6.45) is 1.96. The zero-order valence-corrected chi connectivity index (χ0v) is 14.8. The summed E-state index contributed by atoms with van der Waals surface area (Å²) in [7, 11) is 0. The molecule has 4 rings (SSSR count). The smallest absolute Gasteiger partial charge is 0.207 e. The van der Waals surface area contributed by atoms with Crippen LogP contribution in [0.15, 0.2) is 54.6 Å². The molecule has 1 saturated heterocycles. The lowest BCUT2D eigenvalue weighted by Gasteiger charge is -2.15. The molecule has 0 N–H and O–H groups in total. The number of nitriles is 1. The van der Waals surface area contributed by atoms with Gasteiger partial charge in [-0.05, 0) is 30.0 Å². The lowest BCUT2D eigenvalue weighted by atomic mass is 9.99. The van der Waals surface area contributed by atoms with Crippen LogP contribution < -0.4 is 4.90 Å². The Morgan fingerprint density at radius 2 is 1.85 bits per heavy atom. The molecule has 0 saturated carbocycles. The van der Waals surface area contributed by atoms with E-state index in [1.165, 1.54) is 11.1 Å². The first-order chi connectivity index (χ1) is 12.8. The van der Waals surface area contributed by atoms with E-state index in [1.54, 1.807) is 4.80 Å². The minimum absolute atomic E-state index is 0.393. The van der Waals surface area contributed by atoms with Gasteiger partial charge in [0, 0.05) is 19.0 Å². The van der Waals surface area contributed by atoms with Crippen LogP contribution in [0, 0.1) is 11.3 Å². The van der Waals surface area contributed by atoms with E-state index in [-0.39, 0.29) is 0 Å². The maximum absolute atomic E-state index is 9.56. The lowest BCUT2D eigenvalue weighted by Crippen LogP contribution is -2.21. The zero-order valence-electron chi connectivity index (χ0n) is 14.8. The number of para-hydroxylation sites is 1. The number of benzene rings is 2. The standard InChI is InChI=1S/C21H21N5/c1-2-16-8-6-7-11-20(16)26-23-19(14-22)21(24-26)25-13-12-18(15-25)17-9-4-3-5-10-17/h3-11,18H,2,12-13,15H2,1H3/t18-/m1/s1. The summed E-state index contributed by atoms with van der Waals surface area (Å²) in [5.41, 5.74) is 3.85. The van der Waals surface area contributed by atoms with Crippen molar-refractivity contribution in [1.29, 1.82) is 5.26 Å². The summed E-state index contributed by atoms with van der Waals surface area (Å²) in [6.45, 7) is 3.87. The SMILES string of the molecule is CCc1ccccc1-n1nc(C#N)c(N2CC[C@@H](c3ccccc3)C2)n1. The highest BCUT2D eigenvalue weighted by Crippen LogP contribution is 2.31. The molecule has 1 aliphatic heterocycles. The van der Waals surface area contributed by atoms with Gasteiger partial charge >= 0.3 is 0 Å². The van der Waals surface area contributed by atoms with Gasteiger partial charge in [-0.3, -0.25) is 0 Å². The van der Waals surface area contributed by atoms with Crippen molar-refractivity contribution in [3.63, 3.8) is 0 Å². The number of nitrogens with zero attached hydrogens (tertiary/aromatic N) is 5. The van der Waals surface area contributed by atoms with Crippen molar-refractivity contribution in [3.05, 3.63) is 71.4 Å². The van der Waals surface area contributed by atoms with Crippen molar-refractivity contribution in [2.75, 3.05) is 18.0 Å². The molecule has 3 aromatic rings. The van der Waals surface area contributed by atoms with Crippen LogP contribution >= 0.6 is 0 Å². The minimum atomic E-state index is 0.393. The predicted molar refractivity (Wildman–Crippen MR) is 101 cm³/mol. The van der Waals surface area contributed by atoms with Gasteiger partial charge in [0.15, 0.2) is 5.82 Å². The third-order valence-electron chi connectivity index (χ3n) is 5.05. The number of rotatable bonds is 4. The maximum Gasteiger partial charge on any atom is 0.207 e.